The highest BCUT2D eigenvalue weighted by molar-refractivity contribution is 5.76. The van der Waals surface area contributed by atoms with Crippen molar-refractivity contribution < 1.29 is 23.1 Å². The Morgan fingerprint density at radius 1 is 1.36 bits per heavy atom. The molecule has 1 amide bonds. The first kappa shape index (κ1) is 18.2. The first-order chi connectivity index (χ1) is 10.1. The Bertz CT molecular complexity index is 567. The fourth-order valence-electron chi connectivity index (χ4n) is 2.00. The summed E-state index contributed by atoms with van der Waals surface area (Å²) < 4.78 is 38.5. The Kier molecular flexibility index (Phi) is 6.16. The first-order valence-corrected chi connectivity index (χ1v) is 6.81. The lowest BCUT2D eigenvalue weighted by Crippen LogP contribution is -2.41. The summed E-state index contributed by atoms with van der Waals surface area (Å²) in [6, 6.07) is 0.953. The van der Waals surface area contributed by atoms with E-state index in [9.17, 15) is 22.8 Å². The monoisotopic (exact) mass is 320 g/mol. The Morgan fingerprint density at radius 2 is 2.00 bits per heavy atom. The van der Waals surface area contributed by atoms with Gasteiger partial charge in [0.25, 0.3) is 5.56 Å². The molecule has 1 unspecified atom stereocenters. The van der Waals surface area contributed by atoms with Crippen LogP contribution in [0, 0.1) is 5.92 Å². The van der Waals surface area contributed by atoms with E-state index in [1.807, 2.05) is 13.8 Å². The summed E-state index contributed by atoms with van der Waals surface area (Å²) in [5.74, 6) is -0.394. The Labute approximate surface area is 125 Å². The standard InChI is InChI=1S/C14H19F3N2O3/c1-9(2)5-11(8-20)18-12(21)7-19-6-10(14(15,16)17)3-4-13(19)22/h3-4,6,9,11,20H,5,7-8H2,1-2H3,(H,18,21). The molecule has 124 valence electrons. The van der Waals surface area contributed by atoms with Gasteiger partial charge in [0.15, 0.2) is 0 Å². The lowest BCUT2D eigenvalue weighted by Gasteiger charge is -2.18. The molecule has 0 saturated heterocycles. The molecule has 0 aliphatic carbocycles. The van der Waals surface area contributed by atoms with Crippen molar-refractivity contribution in [2.24, 2.45) is 5.92 Å². The van der Waals surface area contributed by atoms with Gasteiger partial charge in [0.1, 0.15) is 6.54 Å². The van der Waals surface area contributed by atoms with Crippen LogP contribution >= 0.6 is 0 Å². The number of pyridine rings is 1. The molecule has 0 saturated carbocycles. The zero-order valence-corrected chi connectivity index (χ0v) is 12.4. The minimum Gasteiger partial charge on any atom is -0.394 e. The predicted octanol–water partition coefficient (Wildman–Crippen LogP) is 1.39. The van der Waals surface area contributed by atoms with Gasteiger partial charge in [0, 0.05) is 12.3 Å². The molecule has 1 aromatic rings. The molecule has 1 rings (SSSR count). The van der Waals surface area contributed by atoms with Crippen LogP contribution in [0.15, 0.2) is 23.1 Å². The van der Waals surface area contributed by atoms with Crippen LogP contribution in [0.1, 0.15) is 25.8 Å². The third kappa shape index (κ3) is 5.51. The Hall–Kier alpha value is -1.83. The number of carbonyl (C=O) groups excluding carboxylic acids is 1. The molecule has 0 aliphatic heterocycles. The number of hydrogen-bond acceptors (Lipinski definition) is 3. The number of nitrogens with zero attached hydrogens (tertiary/aromatic N) is 1. The summed E-state index contributed by atoms with van der Waals surface area (Å²) >= 11 is 0. The second-order valence-electron chi connectivity index (χ2n) is 5.46. The average molecular weight is 320 g/mol. The van der Waals surface area contributed by atoms with Crippen LogP contribution < -0.4 is 10.9 Å². The number of aliphatic hydroxyl groups excluding tert-OH is 1. The topological polar surface area (TPSA) is 71.3 Å². The van der Waals surface area contributed by atoms with E-state index in [0.29, 0.717) is 23.3 Å². The van der Waals surface area contributed by atoms with Gasteiger partial charge in [0.05, 0.1) is 18.2 Å². The Balaban J connectivity index is 2.81. The minimum absolute atomic E-state index is 0.230. The number of hydrogen-bond donors (Lipinski definition) is 2. The zero-order valence-electron chi connectivity index (χ0n) is 12.4. The van der Waals surface area contributed by atoms with Crippen molar-refractivity contribution in [3.63, 3.8) is 0 Å². The van der Waals surface area contributed by atoms with E-state index in [-0.39, 0.29) is 12.5 Å². The lowest BCUT2D eigenvalue weighted by molar-refractivity contribution is -0.138. The van der Waals surface area contributed by atoms with Gasteiger partial charge in [-0.2, -0.15) is 13.2 Å². The molecule has 0 aromatic carbocycles. The summed E-state index contributed by atoms with van der Waals surface area (Å²) in [5.41, 5.74) is -1.70. The maximum atomic E-state index is 12.6. The average Bonchev–Trinajstić information content (AvgIpc) is 2.38. The number of nitrogens with one attached hydrogen (secondary N) is 1. The highest BCUT2D eigenvalue weighted by Crippen LogP contribution is 2.27. The van der Waals surface area contributed by atoms with Crippen LogP contribution in [-0.2, 0) is 17.5 Å². The van der Waals surface area contributed by atoms with Gasteiger partial charge in [-0.3, -0.25) is 9.59 Å². The van der Waals surface area contributed by atoms with Crippen molar-refractivity contribution in [1.82, 2.24) is 9.88 Å². The van der Waals surface area contributed by atoms with Gasteiger partial charge < -0.3 is 15.0 Å². The van der Waals surface area contributed by atoms with Crippen molar-refractivity contribution in [3.8, 4) is 0 Å². The van der Waals surface area contributed by atoms with E-state index in [0.717, 1.165) is 6.07 Å². The van der Waals surface area contributed by atoms with E-state index in [4.69, 9.17) is 5.11 Å². The molecule has 2 N–H and O–H groups in total. The second kappa shape index (κ2) is 7.44. The van der Waals surface area contributed by atoms with E-state index in [1.165, 1.54) is 0 Å². The minimum atomic E-state index is -4.59. The molecule has 1 heterocycles. The van der Waals surface area contributed by atoms with Crippen LogP contribution in [0.4, 0.5) is 13.2 Å². The van der Waals surface area contributed by atoms with Crippen LogP contribution in [0.2, 0.25) is 0 Å². The molecule has 0 bridgehead atoms. The van der Waals surface area contributed by atoms with E-state index in [1.54, 1.807) is 0 Å². The van der Waals surface area contributed by atoms with E-state index in [2.05, 4.69) is 5.32 Å². The third-order valence-electron chi connectivity index (χ3n) is 2.97. The Morgan fingerprint density at radius 3 is 2.50 bits per heavy atom. The molecule has 5 nitrogen and oxygen atoms in total. The van der Waals surface area contributed by atoms with Crippen LogP contribution in [0.3, 0.4) is 0 Å². The van der Waals surface area contributed by atoms with Gasteiger partial charge in [-0.1, -0.05) is 13.8 Å². The molecule has 1 atom stereocenters. The summed E-state index contributed by atoms with van der Waals surface area (Å²) in [5, 5.41) is 11.7. The maximum absolute atomic E-state index is 12.6. The molecular formula is C14H19F3N2O3. The van der Waals surface area contributed by atoms with Crippen LogP contribution in [0.5, 0.6) is 0 Å². The predicted molar refractivity (Wildman–Crippen MR) is 74.2 cm³/mol. The van der Waals surface area contributed by atoms with E-state index >= 15 is 0 Å². The molecule has 8 heteroatoms. The van der Waals surface area contributed by atoms with Crippen molar-refractivity contribution in [2.75, 3.05) is 6.61 Å². The maximum Gasteiger partial charge on any atom is 0.417 e. The van der Waals surface area contributed by atoms with E-state index < -0.39 is 35.8 Å². The fraction of sp³-hybridized carbons (Fsp3) is 0.571. The van der Waals surface area contributed by atoms with Crippen molar-refractivity contribution in [2.45, 2.75) is 39.0 Å². The molecule has 0 fully saturated rings. The quantitative estimate of drug-likeness (QED) is 0.832. The largest absolute Gasteiger partial charge is 0.417 e. The molecule has 0 aliphatic rings. The number of amides is 1. The summed E-state index contributed by atoms with van der Waals surface area (Å²) in [6.07, 6.45) is -3.45. The zero-order chi connectivity index (χ0) is 16.9. The van der Waals surface area contributed by atoms with Gasteiger partial charge in [-0.25, -0.2) is 0 Å². The number of carbonyl (C=O) groups is 1. The fourth-order valence-corrected chi connectivity index (χ4v) is 2.00. The SMILES string of the molecule is CC(C)CC(CO)NC(=O)Cn1cc(C(F)(F)F)ccc1=O. The first-order valence-electron chi connectivity index (χ1n) is 6.81. The van der Waals surface area contributed by atoms with Crippen LogP contribution in [0.25, 0.3) is 0 Å². The molecular weight excluding hydrogens is 301 g/mol. The summed E-state index contributed by atoms with van der Waals surface area (Å²) in [6.45, 7) is 3.01. The van der Waals surface area contributed by atoms with Gasteiger partial charge in [-0.05, 0) is 18.4 Å². The highest BCUT2D eigenvalue weighted by Gasteiger charge is 2.31. The van der Waals surface area contributed by atoms with Crippen molar-refractivity contribution >= 4 is 5.91 Å². The lowest BCUT2D eigenvalue weighted by atomic mass is 10.0. The smallest absolute Gasteiger partial charge is 0.394 e. The summed E-state index contributed by atoms with van der Waals surface area (Å²) in [7, 11) is 0. The van der Waals surface area contributed by atoms with Gasteiger partial charge in [-0.15, -0.1) is 0 Å². The molecule has 22 heavy (non-hydrogen) atoms. The molecule has 0 spiro atoms. The highest BCUT2D eigenvalue weighted by atomic mass is 19.4. The van der Waals surface area contributed by atoms with Crippen molar-refractivity contribution in [1.29, 1.82) is 0 Å². The third-order valence-corrected chi connectivity index (χ3v) is 2.97. The second-order valence-corrected chi connectivity index (χ2v) is 5.46. The number of aromatic nitrogens is 1. The van der Waals surface area contributed by atoms with Gasteiger partial charge in [0.2, 0.25) is 5.91 Å². The molecule has 0 radical (unpaired) electrons. The summed E-state index contributed by atoms with van der Waals surface area (Å²) in [4.78, 5) is 23.3. The normalized spacial score (nSPS) is 13.2. The van der Waals surface area contributed by atoms with Crippen LogP contribution in [-0.4, -0.2) is 28.2 Å². The number of rotatable bonds is 6. The number of aliphatic hydroxyl groups is 1. The number of halogens is 3. The van der Waals surface area contributed by atoms with Gasteiger partial charge >= 0.3 is 6.18 Å². The molecule has 1 aromatic heterocycles. The van der Waals surface area contributed by atoms with Crippen molar-refractivity contribution in [3.05, 3.63) is 34.2 Å². The number of alkyl halides is 3.